The van der Waals surface area contributed by atoms with Gasteiger partial charge in [0.15, 0.2) is 0 Å². The van der Waals surface area contributed by atoms with E-state index in [1.807, 2.05) is 0 Å². The Kier molecular flexibility index (Phi) is 7.45. The van der Waals surface area contributed by atoms with Gasteiger partial charge in [0, 0.05) is 11.9 Å². The average molecular weight is 228 g/mol. The molecule has 15 heavy (non-hydrogen) atoms. The van der Waals surface area contributed by atoms with Gasteiger partial charge in [-0.05, 0) is 11.3 Å². The summed E-state index contributed by atoms with van der Waals surface area (Å²) in [5, 5.41) is 22.1. The van der Waals surface area contributed by atoms with Crippen molar-refractivity contribution in [3.05, 3.63) is 11.3 Å². The van der Waals surface area contributed by atoms with E-state index in [0.717, 1.165) is 0 Å². The van der Waals surface area contributed by atoms with Crippen LogP contribution >= 0.6 is 0 Å². The molecule has 0 bridgehead atoms. The third-order valence-electron chi connectivity index (χ3n) is 2.65. The molecule has 1 saturated carbocycles. The molecule has 3 nitrogen and oxygen atoms in total. The molecule has 1 aliphatic carbocycles. The van der Waals surface area contributed by atoms with Crippen molar-refractivity contribution in [2.45, 2.75) is 27.7 Å². The molecule has 0 spiro atoms. The van der Waals surface area contributed by atoms with E-state index in [-0.39, 0.29) is 70.8 Å². The van der Waals surface area contributed by atoms with Crippen LogP contribution in [-0.4, -0.2) is 5.97 Å². The second-order valence-corrected chi connectivity index (χ2v) is 4.41. The van der Waals surface area contributed by atoms with E-state index in [2.05, 4.69) is 0 Å². The summed E-state index contributed by atoms with van der Waals surface area (Å²) in [7, 11) is 0. The van der Waals surface area contributed by atoms with Crippen molar-refractivity contribution in [1.29, 1.82) is 0 Å². The molecule has 0 N–H and O–H groups in total. The number of carbonyl (C=O) groups is 1. The molecular formula is C10H14Na2O3. The Morgan fingerprint density at radius 2 is 1.67 bits per heavy atom. The van der Waals surface area contributed by atoms with Gasteiger partial charge in [0.1, 0.15) is 0 Å². The van der Waals surface area contributed by atoms with Gasteiger partial charge in [-0.1, -0.05) is 33.3 Å². The maximum atomic E-state index is 11.5. The molecule has 1 rings (SSSR count). The van der Waals surface area contributed by atoms with Crippen molar-refractivity contribution in [3.8, 4) is 0 Å². The molecule has 0 radical (unpaired) electrons. The van der Waals surface area contributed by atoms with E-state index in [0.29, 0.717) is 5.57 Å². The molecule has 0 aromatic carbocycles. The molecule has 1 fully saturated rings. The summed E-state index contributed by atoms with van der Waals surface area (Å²) in [6, 6.07) is 0. The van der Waals surface area contributed by atoms with Crippen LogP contribution in [0, 0.1) is 17.3 Å². The van der Waals surface area contributed by atoms with Gasteiger partial charge >= 0.3 is 59.1 Å². The summed E-state index contributed by atoms with van der Waals surface area (Å²) in [5.74, 6) is -1.96. The third kappa shape index (κ3) is 3.48. The number of carboxylic acids is 1. The largest absolute Gasteiger partial charge is 1.00 e. The minimum Gasteiger partial charge on any atom is -0.875 e. The fraction of sp³-hybridized carbons (Fsp3) is 0.700. The quantitative estimate of drug-likeness (QED) is 0.349. The second kappa shape index (κ2) is 6.08. The summed E-state index contributed by atoms with van der Waals surface area (Å²) in [5.41, 5.74) is 0.0303. The van der Waals surface area contributed by atoms with Crippen molar-refractivity contribution in [1.82, 2.24) is 0 Å². The van der Waals surface area contributed by atoms with Crippen LogP contribution in [0.25, 0.3) is 0 Å². The molecule has 74 valence electrons. The Hall–Kier alpha value is 1.01. The maximum Gasteiger partial charge on any atom is 1.00 e. The molecule has 0 unspecified atom stereocenters. The number of hydrogen-bond donors (Lipinski definition) is 0. The summed E-state index contributed by atoms with van der Waals surface area (Å²) < 4.78 is 0. The van der Waals surface area contributed by atoms with Crippen molar-refractivity contribution in [2.75, 3.05) is 0 Å². The zero-order valence-electron chi connectivity index (χ0n) is 10.4. The van der Waals surface area contributed by atoms with E-state index in [1.54, 1.807) is 27.7 Å². The first-order valence-corrected chi connectivity index (χ1v) is 4.42. The minimum atomic E-state index is -1.13. The van der Waals surface area contributed by atoms with Crippen LogP contribution in [0.2, 0.25) is 0 Å². The Labute approximate surface area is 135 Å². The summed E-state index contributed by atoms with van der Waals surface area (Å²) in [4.78, 5) is 10.6. The molecule has 0 saturated heterocycles. The Bertz CT molecular complexity index is 282. The van der Waals surface area contributed by atoms with Gasteiger partial charge in [-0.3, -0.25) is 0 Å². The number of hydrogen-bond acceptors (Lipinski definition) is 3. The number of rotatable bonds is 2. The Morgan fingerprint density at radius 3 is 1.87 bits per heavy atom. The topological polar surface area (TPSA) is 63.2 Å². The van der Waals surface area contributed by atoms with E-state index in [4.69, 9.17) is 0 Å². The van der Waals surface area contributed by atoms with Crippen LogP contribution in [0.5, 0.6) is 0 Å². The van der Waals surface area contributed by atoms with Crippen LogP contribution in [0.15, 0.2) is 11.3 Å². The second-order valence-electron chi connectivity index (χ2n) is 4.41. The predicted molar refractivity (Wildman–Crippen MR) is 44.1 cm³/mol. The molecule has 0 aliphatic heterocycles. The van der Waals surface area contributed by atoms with Crippen LogP contribution < -0.4 is 69.3 Å². The summed E-state index contributed by atoms with van der Waals surface area (Å²) in [6.07, 6.45) is 0. The van der Waals surface area contributed by atoms with Crippen LogP contribution in [0.1, 0.15) is 27.7 Å². The smallest absolute Gasteiger partial charge is 0.875 e. The van der Waals surface area contributed by atoms with Gasteiger partial charge in [0.2, 0.25) is 0 Å². The van der Waals surface area contributed by atoms with E-state index in [9.17, 15) is 15.0 Å². The Morgan fingerprint density at radius 1 is 1.27 bits per heavy atom. The minimum absolute atomic E-state index is 0. The number of carboxylic acid groups (broad SMARTS) is 1. The first-order valence-electron chi connectivity index (χ1n) is 4.42. The molecular weight excluding hydrogens is 214 g/mol. The first-order chi connectivity index (χ1) is 5.80. The SMILES string of the molecule is CC(C)/C([O-])=C1/[C@@H](C(=O)[O-])C1(C)C.[Na+].[Na+]. The van der Waals surface area contributed by atoms with Gasteiger partial charge in [-0.2, -0.15) is 0 Å². The van der Waals surface area contributed by atoms with Crippen molar-refractivity contribution in [3.63, 3.8) is 0 Å². The average Bonchev–Trinajstić information content (AvgIpc) is 2.51. The monoisotopic (exact) mass is 228 g/mol. The standard InChI is InChI=1S/C10H16O3.2Na/c1-5(2)8(11)6-7(9(12)13)10(6,3)4;;/h5,7,11H,1-4H3,(H,12,13);;/q;2*+1/p-2/b8-6+;;/t7-;;/m0../s1. The maximum absolute atomic E-state index is 11.5. The molecule has 0 heterocycles. The molecule has 1 aliphatic rings. The predicted octanol–water partition coefficient (Wildman–Crippen LogP) is -6.33. The zero-order valence-corrected chi connectivity index (χ0v) is 14.4. The fourth-order valence-corrected chi connectivity index (χ4v) is 1.73. The number of allylic oxidation sites excluding steroid dienone is 1. The molecule has 5 heteroatoms. The normalized spacial score (nSPS) is 25.0. The third-order valence-corrected chi connectivity index (χ3v) is 2.65. The van der Waals surface area contributed by atoms with Gasteiger partial charge in [-0.15, -0.1) is 5.76 Å². The molecule has 0 amide bonds. The first kappa shape index (κ1) is 18.4. The fourth-order valence-electron chi connectivity index (χ4n) is 1.73. The van der Waals surface area contributed by atoms with Crippen LogP contribution in [0.3, 0.4) is 0 Å². The van der Waals surface area contributed by atoms with E-state index in [1.165, 1.54) is 0 Å². The number of carbonyl (C=O) groups excluding carboxylic acids is 1. The van der Waals surface area contributed by atoms with E-state index < -0.39 is 17.3 Å². The van der Waals surface area contributed by atoms with Crippen molar-refractivity contribution >= 4 is 5.97 Å². The Balaban J connectivity index is 0. The van der Waals surface area contributed by atoms with Crippen LogP contribution in [-0.2, 0) is 4.79 Å². The van der Waals surface area contributed by atoms with Gasteiger partial charge in [-0.25, -0.2) is 0 Å². The van der Waals surface area contributed by atoms with Gasteiger partial charge in [0.25, 0.3) is 0 Å². The molecule has 0 aromatic heterocycles. The number of aliphatic carboxylic acids is 1. The zero-order chi connectivity index (χ0) is 10.4. The molecule has 1 atom stereocenters. The van der Waals surface area contributed by atoms with Crippen molar-refractivity contribution < 1.29 is 74.1 Å². The summed E-state index contributed by atoms with van der Waals surface area (Å²) in [6.45, 7) is 7.08. The molecule has 0 aromatic rings. The summed E-state index contributed by atoms with van der Waals surface area (Å²) >= 11 is 0. The van der Waals surface area contributed by atoms with Gasteiger partial charge < -0.3 is 15.0 Å². The van der Waals surface area contributed by atoms with Crippen LogP contribution in [0.4, 0.5) is 0 Å². The van der Waals surface area contributed by atoms with E-state index >= 15 is 0 Å². The van der Waals surface area contributed by atoms with Gasteiger partial charge in [0.05, 0.1) is 0 Å². The van der Waals surface area contributed by atoms with Crippen molar-refractivity contribution in [2.24, 2.45) is 17.3 Å².